The predicted octanol–water partition coefficient (Wildman–Crippen LogP) is 1.93. The van der Waals surface area contributed by atoms with Crippen LogP contribution in [0.4, 0.5) is 13.2 Å². The Morgan fingerprint density at radius 3 is 2.31 bits per heavy atom. The molecule has 0 heterocycles. The summed E-state index contributed by atoms with van der Waals surface area (Å²) < 4.78 is 37.4. The first kappa shape index (κ1) is 12.2. The number of hydrogen-bond donors (Lipinski definition) is 1. The summed E-state index contributed by atoms with van der Waals surface area (Å²) in [7, 11) is 0. The van der Waals surface area contributed by atoms with E-state index in [1.54, 1.807) is 0 Å². The number of nitrogens with two attached hydrogens (primary N) is 1. The number of aryl methyl sites for hydroxylation is 1. The lowest BCUT2D eigenvalue weighted by atomic mass is 9.99. The van der Waals surface area contributed by atoms with Crippen molar-refractivity contribution in [3.8, 4) is 0 Å². The maximum Gasteiger partial charge on any atom is 0.417 e. The molecule has 1 rings (SSSR count). The molecule has 0 bridgehead atoms. The molecule has 0 aliphatic carbocycles. The highest BCUT2D eigenvalue weighted by atomic mass is 19.4. The normalized spacial score (nSPS) is 11.2. The van der Waals surface area contributed by atoms with Gasteiger partial charge in [-0.2, -0.15) is 13.2 Å². The van der Waals surface area contributed by atoms with Crippen LogP contribution in [0.25, 0.3) is 0 Å². The summed E-state index contributed by atoms with van der Waals surface area (Å²) in [4.78, 5) is 21.4. The van der Waals surface area contributed by atoms with Gasteiger partial charge in [-0.15, -0.1) is 0 Å². The molecule has 16 heavy (non-hydrogen) atoms. The topological polar surface area (TPSA) is 60.2 Å². The van der Waals surface area contributed by atoms with Crippen molar-refractivity contribution in [3.63, 3.8) is 0 Å². The Labute approximate surface area is 89.1 Å². The van der Waals surface area contributed by atoms with E-state index in [4.69, 9.17) is 5.73 Å². The zero-order chi connectivity index (χ0) is 12.5. The van der Waals surface area contributed by atoms with Gasteiger partial charge in [0.25, 0.3) is 0 Å². The van der Waals surface area contributed by atoms with Gasteiger partial charge in [0.1, 0.15) is 0 Å². The van der Waals surface area contributed by atoms with Gasteiger partial charge in [-0.25, -0.2) is 0 Å². The Kier molecular flexibility index (Phi) is 3.02. The number of halogens is 3. The molecule has 1 amide bonds. The molecule has 6 heteroatoms. The second-order valence-electron chi connectivity index (χ2n) is 3.23. The monoisotopic (exact) mass is 231 g/mol. The molecule has 0 aromatic heterocycles. The van der Waals surface area contributed by atoms with Gasteiger partial charge in [-0.05, 0) is 24.6 Å². The molecule has 0 radical (unpaired) electrons. The second-order valence-corrected chi connectivity index (χ2v) is 3.23. The van der Waals surface area contributed by atoms with Crippen molar-refractivity contribution < 1.29 is 22.8 Å². The Morgan fingerprint density at radius 2 is 1.94 bits per heavy atom. The van der Waals surface area contributed by atoms with E-state index < -0.39 is 23.2 Å². The fourth-order valence-electron chi connectivity index (χ4n) is 1.33. The van der Waals surface area contributed by atoms with Gasteiger partial charge in [0.05, 0.1) is 5.56 Å². The first-order valence-electron chi connectivity index (χ1n) is 4.24. The van der Waals surface area contributed by atoms with E-state index in [0.717, 1.165) is 12.1 Å². The SMILES string of the molecule is Cc1cc(C(F)(F)F)c(C=O)cc1C(N)=O. The van der Waals surface area contributed by atoms with Gasteiger partial charge in [0, 0.05) is 11.1 Å². The molecule has 0 fully saturated rings. The Morgan fingerprint density at radius 1 is 1.38 bits per heavy atom. The lowest BCUT2D eigenvalue weighted by Gasteiger charge is -2.12. The average molecular weight is 231 g/mol. The van der Waals surface area contributed by atoms with Crippen LogP contribution in [0, 0.1) is 6.92 Å². The molecule has 2 N–H and O–H groups in total. The number of primary amides is 1. The highest BCUT2D eigenvalue weighted by molar-refractivity contribution is 5.96. The van der Waals surface area contributed by atoms with Gasteiger partial charge >= 0.3 is 6.18 Å². The van der Waals surface area contributed by atoms with Gasteiger partial charge in [-0.1, -0.05) is 0 Å². The van der Waals surface area contributed by atoms with Crippen LogP contribution in [0.5, 0.6) is 0 Å². The van der Waals surface area contributed by atoms with Gasteiger partial charge in [0.2, 0.25) is 5.91 Å². The smallest absolute Gasteiger partial charge is 0.366 e. The summed E-state index contributed by atoms with van der Waals surface area (Å²) in [6, 6.07) is 1.59. The molecule has 0 saturated carbocycles. The summed E-state index contributed by atoms with van der Waals surface area (Å²) in [6.07, 6.45) is -4.58. The number of rotatable bonds is 2. The maximum atomic E-state index is 12.5. The van der Waals surface area contributed by atoms with Crippen LogP contribution >= 0.6 is 0 Å². The third-order valence-electron chi connectivity index (χ3n) is 2.09. The molecular formula is C10H8F3NO2. The van der Waals surface area contributed by atoms with Crippen LogP contribution in [-0.2, 0) is 6.18 Å². The van der Waals surface area contributed by atoms with Crippen LogP contribution in [0.15, 0.2) is 12.1 Å². The number of amides is 1. The molecule has 86 valence electrons. The number of benzene rings is 1. The molecule has 0 spiro atoms. The highest BCUT2D eigenvalue weighted by Gasteiger charge is 2.34. The minimum absolute atomic E-state index is 0.0503. The molecule has 0 atom stereocenters. The molecule has 1 aromatic carbocycles. The van der Waals surface area contributed by atoms with Crippen molar-refractivity contribution in [3.05, 3.63) is 34.4 Å². The molecule has 0 saturated heterocycles. The number of alkyl halides is 3. The summed E-state index contributed by atoms with van der Waals surface area (Å²) in [6.45, 7) is 1.32. The first-order chi connectivity index (χ1) is 7.27. The lowest BCUT2D eigenvalue weighted by molar-refractivity contribution is -0.137. The lowest BCUT2D eigenvalue weighted by Crippen LogP contribution is -2.16. The number of aldehydes is 1. The fraction of sp³-hybridized carbons (Fsp3) is 0.200. The Hall–Kier alpha value is -1.85. The standard InChI is InChI=1S/C10H8F3NO2/c1-5-2-8(10(11,12)13)6(4-15)3-7(5)9(14)16/h2-4H,1H3,(H2,14,16). The summed E-state index contributed by atoms with van der Waals surface area (Å²) in [5, 5.41) is 0. The van der Waals surface area contributed by atoms with Crippen LogP contribution in [0.1, 0.15) is 31.8 Å². The van der Waals surface area contributed by atoms with Gasteiger partial charge < -0.3 is 5.73 Å². The van der Waals surface area contributed by atoms with Gasteiger partial charge in [0.15, 0.2) is 6.29 Å². The summed E-state index contributed by atoms with van der Waals surface area (Å²) in [5.41, 5.74) is 3.31. The van der Waals surface area contributed by atoms with Crippen molar-refractivity contribution in [2.45, 2.75) is 13.1 Å². The van der Waals surface area contributed by atoms with E-state index in [1.165, 1.54) is 6.92 Å². The molecule has 0 aliphatic heterocycles. The first-order valence-corrected chi connectivity index (χ1v) is 4.24. The quantitative estimate of drug-likeness (QED) is 0.790. The number of hydrogen-bond acceptors (Lipinski definition) is 2. The highest BCUT2D eigenvalue weighted by Crippen LogP contribution is 2.32. The minimum Gasteiger partial charge on any atom is -0.366 e. The maximum absolute atomic E-state index is 12.5. The predicted molar refractivity (Wildman–Crippen MR) is 50.1 cm³/mol. The van der Waals surface area contributed by atoms with Crippen LogP contribution < -0.4 is 5.73 Å². The van der Waals surface area contributed by atoms with E-state index in [1.807, 2.05) is 0 Å². The largest absolute Gasteiger partial charge is 0.417 e. The molecule has 1 aromatic rings. The molecule has 3 nitrogen and oxygen atoms in total. The number of carbonyl (C=O) groups is 2. The Bertz CT molecular complexity index is 452. The van der Waals surface area contributed by atoms with E-state index in [2.05, 4.69) is 0 Å². The van der Waals surface area contributed by atoms with Crippen molar-refractivity contribution in [2.75, 3.05) is 0 Å². The second kappa shape index (κ2) is 3.96. The van der Waals surface area contributed by atoms with Crippen molar-refractivity contribution >= 4 is 12.2 Å². The zero-order valence-electron chi connectivity index (χ0n) is 8.26. The molecular weight excluding hydrogens is 223 g/mol. The van der Waals surface area contributed by atoms with Crippen molar-refractivity contribution in [2.24, 2.45) is 5.73 Å². The van der Waals surface area contributed by atoms with E-state index >= 15 is 0 Å². The van der Waals surface area contributed by atoms with E-state index in [-0.39, 0.29) is 17.4 Å². The zero-order valence-corrected chi connectivity index (χ0v) is 8.26. The van der Waals surface area contributed by atoms with Crippen LogP contribution in [-0.4, -0.2) is 12.2 Å². The molecule has 0 aliphatic rings. The van der Waals surface area contributed by atoms with Crippen LogP contribution in [0.3, 0.4) is 0 Å². The van der Waals surface area contributed by atoms with Crippen molar-refractivity contribution in [1.82, 2.24) is 0 Å². The fourth-order valence-corrected chi connectivity index (χ4v) is 1.33. The minimum atomic E-state index is -4.63. The van der Waals surface area contributed by atoms with E-state index in [9.17, 15) is 22.8 Å². The average Bonchev–Trinajstić information content (AvgIpc) is 2.15. The van der Waals surface area contributed by atoms with Crippen molar-refractivity contribution in [1.29, 1.82) is 0 Å². The number of carbonyl (C=O) groups excluding carboxylic acids is 2. The van der Waals surface area contributed by atoms with Crippen LogP contribution in [0.2, 0.25) is 0 Å². The summed E-state index contributed by atoms with van der Waals surface area (Å²) >= 11 is 0. The Balaban J connectivity index is 3.50. The third kappa shape index (κ3) is 2.21. The van der Waals surface area contributed by atoms with Gasteiger partial charge in [-0.3, -0.25) is 9.59 Å². The molecule has 0 unspecified atom stereocenters. The summed E-state index contributed by atoms with van der Waals surface area (Å²) in [5.74, 6) is -0.866. The third-order valence-corrected chi connectivity index (χ3v) is 2.09. The van der Waals surface area contributed by atoms with E-state index in [0.29, 0.717) is 0 Å².